The molecular formula is C15H24NO3-. The highest BCUT2D eigenvalue weighted by molar-refractivity contribution is 5.83. The topological polar surface area (TPSA) is 60.4 Å². The van der Waals surface area contributed by atoms with Gasteiger partial charge in [-0.15, -0.1) is 0 Å². The van der Waals surface area contributed by atoms with Crippen LogP contribution in [0, 0.1) is 16.7 Å². The molecule has 1 saturated carbocycles. The van der Waals surface area contributed by atoms with E-state index < -0.39 is 16.8 Å². The van der Waals surface area contributed by atoms with Crippen molar-refractivity contribution in [3.05, 3.63) is 0 Å². The van der Waals surface area contributed by atoms with Crippen molar-refractivity contribution in [2.75, 3.05) is 13.1 Å². The minimum atomic E-state index is -1.02. The summed E-state index contributed by atoms with van der Waals surface area (Å²) in [5.41, 5.74) is -1.44. The van der Waals surface area contributed by atoms with Crippen LogP contribution < -0.4 is 5.11 Å². The van der Waals surface area contributed by atoms with Crippen LogP contribution in [0.4, 0.5) is 0 Å². The molecule has 2 aliphatic rings. The van der Waals surface area contributed by atoms with Gasteiger partial charge in [0.25, 0.3) is 0 Å². The zero-order chi connectivity index (χ0) is 14.3. The van der Waals surface area contributed by atoms with Crippen molar-refractivity contribution in [2.45, 2.75) is 52.9 Å². The third kappa shape index (κ3) is 2.15. The maximum atomic E-state index is 12.6. The molecule has 0 N–H and O–H groups in total. The molecule has 0 spiro atoms. The first kappa shape index (κ1) is 14.4. The maximum Gasteiger partial charge on any atom is 0.226 e. The minimum Gasteiger partial charge on any atom is -0.550 e. The molecule has 1 saturated heterocycles. The minimum absolute atomic E-state index is 0.148. The molecule has 108 valence electrons. The van der Waals surface area contributed by atoms with Gasteiger partial charge in [-0.3, -0.25) is 4.79 Å². The fourth-order valence-corrected chi connectivity index (χ4v) is 3.63. The number of hydrogen-bond donors (Lipinski definition) is 0. The Labute approximate surface area is 115 Å². The van der Waals surface area contributed by atoms with Crippen molar-refractivity contribution in [1.29, 1.82) is 0 Å². The Morgan fingerprint density at radius 1 is 1.11 bits per heavy atom. The quantitative estimate of drug-likeness (QED) is 0.754. The number of carboxylic acids is 1. The first-order chi connectivity index (χ1) is 8.80. The van der Waals surface area contributed by atoms with E-state index in [1.807, 2.05) is 18.7 Å². The number of rotatable bonds is 2. The molecule has 2 atom stereocenters. The molecule has 19 heavy (non-hydrogen) atoms. The van der Waals surface area contributed by atoms with E-state index in [0.29, 0.717) is 12.8 Å². The lowest BCUT2D eigenvalue weighted by Crippen LogP contribution is -2.51. The molecule has 0 aromatic rings. The van der Waals surface area contributed by atoms with Crippen molar-refractivity contribution in [3.63, 3.8) is 0 Å². The van der Waals surface area contributed by atoms with Crippen LogP contribution in [0.5, 0.6) is 0 Å². The van der Waals surface area contributed by atoms with Crippen LogP contribution in [-0.4, -0.2) is 29.9 Å². The highest BCUT2D eigenvalue weighted by atomic mass is 16.4. The number of carboxylic acid groups (broad SMARTS) is 1. The van der Waals surface area contributed by atoms with Crippen molar-refractivity contribution in [1.82, 2.24) is 4.90 Å². The Morgan fingerprint density at radius 3 is 2.16 bits per heavy atom. The molecular weight excluding hydrogens is 242 g/mol. The average molecular weight is 266 g/mol. The highest BCUT2D eigenvalue weighted by Gasteiger charge is 2.55. The van der Waals surface area contributed by atoms with Crippen LogP contribution in [0.15, 0.2) is 0 Å². The Bertz CT molecular complexity index is 385. The zero-order valence-corrected chi connectivity index (χ0v) is 12.2. The van der Waals surface area contributed by atoms with Crippen molar-refractivity contribution in [3.8, 4) is 0 Å². The van der Waals surface area contributed by atoms with E-state index in [1.54, 1.807) is 6.92 Å². The lowest BCUT2D eigenvalue weighted by Gasteiger charge is -2.43. The second kappa shape index (κ2) is 4.80. The van der Waals surface area contributed by atoms with E-state index in [0.717, 1.165) is 25.9 Å². The number of carbonyl (C=O) groups is 2. The summed E-state index contributed by atoms with van der Waals surface area (Å²) in [5.74, 6) is -1.06. The third-order valence-electron chi connectivity index (χ3n) is 5.64. The standard InChI is InChI=1S/C15H25NO3/c1-14(2)11(7-8-15(14,3)13(18)19)12(17)16-9-5-4-6-10-16/h11H,4-10H2,1-3H3,(H,18,19)/p-1/t11-,15+/m1/s1. The van der Waals surface area contributed by atoms with E-state index in [2.05, 4.69) is 0 Å². The second-order valence-corrected chi connectivity index (χ2v) is 6.82. The molecule has 0 bridgehead atoms. The van der Waals surface area contributed by atoms with Gasteiger partial charge in [0.05, 0.1) is 0 Å². The van der Waals surface area contributed by atoms with Crippen molar-refractivity contribution >= 4 is 11.9 Å². The second-order valence-electron chi connectivity index (χ2n) is 6.82. The van der Waals surface area contributed by atoms with Crippen LogP contribution >= 0.6 is 0 Å². The van der Waals surface area contributed by atoms with E-state index in [4.69, 9.17) is 0 Å². The van der Waals surface area contributed by atoms with Gasteiger partial charge in [0.2, 0.25) is 5.91 Å². The number of aliphatic carboxylic acids is 1. The summed E-state index contributed by atoms with van der Waals surface area (Å²) < 4.78 is 0. The number of hydrogen-bond acceptors (Lipinski definition) is 3. The summed E-state index contributed by atoms with van der Waals surface area (Å²) in [6, 6.07) is 0. The van der Waals surface area contributed by atoms with E-state index >= 15 is 0 Å². The number of nitrogens with zero attached hydrogens (tertiary/aromatic N) is 1. The number of carbonyl (C=O) groups excluding carboxylic acids is 2. The Balaban J connectivity index is 2.17. The summed E-state index contributed by atoms with van der Waals surface area (Å²) in [7, 11) is 0. The lowest BCUT2D eigenvalue weighted by atomic mass is 9.65. The predicted molar refractivity (Wildman–Crippen MR) is 70.1 cm³/mol. The fraction of sp³-hybridized carbons (Fsp3) is 0.867. The number of piperidine rings is 1. The molecule has 4 heteroatoms. The molecule has 2 rings (SSSR count). The molecule has 0 aromatic carbocycles. The van der Waals surface area contributed by atoms with Gasteiger partial charge in [-0.2, -0.15) is 0 Å². The Morgan fingerprint density at radius 2 is 1.68 bits per heavy atom. The van der Waals surface area contributed by atoms with E-state index in [1.165, 1.54) is 6.42 Å². The smallest absolute Gasteiger partial charge is 0.226 e. The highest BCUT2D eigenvalue weighted by Crippen LogP contribution is 2.56. The summed E-state index contributed by atoms with van der Waals surface area (Å²) in [4.78, 5) is 26.0. The average Bonchev–Trinajstić information content (AvgIpc) is 2.62. The SMILES string of the molecule is CC1(C)[C@@H](C(=O)N2CCCCC2)CC[C@@]1(C)C(=O)[O-]. The van der Waals surface area contributed by atoms with Gasteiger partial charge < -0.3 is 14.8 Å². The summed E-state index contributed by atoms with van der Waals surface area (Å²) in [6.07, 6.45) is 4.52. The summed E-state index contributed by atoms with van der Waals surface area (Å²) in [6.45, 7) is 7.19. The molecule has 1 amide bonds. The largest absolute Gasteiger partial charge is 0.550 e. The lowest BCUT2D eigenvalue weighted by molar-refractivity contribution is -0.323. The number of likely N-dealkylation sites (tertiary alicyclic amines) is 1. The zero-order valence-electron chi connectivity index (χ0n) is 12.2. The summed E-state index contributed by atoms with van der Waals surface area (Å²) >= 11 is 0. The molecule has 2 fully saturated rings. The first-order valence-corrected chi connectivity index (χ1v) is 7.31. The molecule has 1 heterocycles. The fourth-order valence-electron chi connectivity index (χ4n) is 3.63. The van der Waals surface area contributed by atoms with Crippen molar-refractivity contribution in [2.24, 2.45) is 16.7 Å². The molecule has 0 unspecified atom stereocenters. The van der Waals surface area contributed by atoms with Crippen LogP contribution in [0.25, 0.3) is 0 Å². The van der Waals surface area contributed by atoms with Crippen LogP contribution in [0.3, 0.4) is 0 Å². The first-order valence-electron chi connectivity index (χ1n) is 7.31. The third-order valence-corrected chi connectivity index (χ3v) is 5.64. The molecule has 4 nitrogen and oxygen atoms in total. The summed E-state index contributed by atoms with van der Waals surface area (Å²) in [5, 5.41) is 11.4. The monoisotopic (exact) mass is 266 g/mol. The van der Waals surface area contributed by atoms with E-state index in [-0.39, 0.29) is 11.8 Å². The Kier molecular flexibility index (Phi) is 3.63. The number of amides is 1. The van der Waals surface area contributed by atoms with Gasteiger partial charge in [0, 0.05) is 30.4 Å². The molecule has 1 aliphatic carbocycles. The van der Waals surface area contributed by atoms with Gasteiger partial charge in [-0.05, 0) is 37.5 Å². The van der Waals surface area contributed by atoms with Gasteiger partial charge in [0.1, 0.15) is 0 Å². The van der Waals surface area contributed by atoms with Gasteiger partial charge in [-0.1, -0.05) is 20.8 Å². The van der Waals surface area contributed by atoms with Crippen molar-refractivity contribution < 1.29 is 14.7 Å². The Hall–Kier alpha value is -1.06. The van der Waals surface area contributed by atoms with Crippen LogP contribution in [0.1, 0.15) is 52.9 Å². The van der Waals surface area contributed by atoms with Gasteiger partial charge in [-0.25, -0.2) is 0 Å². The molecule has 0 radical (unpaired) electrons. The van der Waals surface area contributed by atoms with Gasteiger partial charge >= 0.3 is 0 Å². The maximum absolute atomic E-state index is 12.6. The van der Waals surface area contributed by atoms with Crippen LogP contribution in [-0.2, 0) is 9.59 Å². The predicted octanol–water partition coefficient (Wildman–Crippen LogP) is 1.19. The molecule has 0 aromatic heterocycles. The van der Waals surface area contributed by atoms with E-state index in [9.17, 15) is 14.7 Å². The van der Waals surface area contributed by atoms with Crippen LogP contribution in [0.2, 0.25) is 0 Å². The molecule has 1 aliphatic heterocycles. The van der Waals surface area contributed by atoms with Gasteiger partial charge in [0.15, 0.2) is 0 Å². The normalized spacial score (nSPS) is 34.3.